The first-order valence-corrected chi connectivity index (χ1v) is 10.5. The number of benzene rings is 2. The maximum Gasteiger partial charge on any atom is 0.408 e. The first kappa shape index (κ1) is 23.3. The second kappa shape index (κ2) is 9.82. The molecule has 8 heteroatoms. The molecule has 2 amide bonds. The fraction of sp³-hybridized carbons (Fsp3) is 0.375. The molecule has 0 saturated heterocycles. The lowest BCUT2D eigenvalue weighted by atomic mass is 9.97. The number of ether oxygens (including phenoxy) is 2. The van der Waals surface area contributed by atoms with Crippen molar-refractivity contribution in [2.45, 2.75) is 37.8 Å². The highest BCUT2D eigenvalue weighted by molar-refractivity contribution is 5.90. The van der Waals surface area contributed by atoms with Gasteiger partial charge in [-0.2, -0.15) is 0 Å². The van der Waals surface area contributed by atoms with Crippen molar-refractivity contribution in [2.24, 2.45) is 0 Å². The number of nitrogens with one attached hydrogen (secondary N) is 2. The fourth-order valence-corrected chi connectivity index (χ4v) is 3.82. The van der Waals surface area contributed by atoms with E-state index in [1.807, 2.05) is 36.4 Å². The molecule has 0 spiro atoms. The van der Waals surface area contributed by atoms with Crippen LogP contribution in [0.15, 0.2) is 48.5 Å². The predicted octanol–water partition coefficient (Wildman–Crippen LogP) is 2.91. The van der Waals surface area contributed by atoms with Gasteiger partial charge in [-0.05, 0) is 35.6 Å². The summed E-state index contributed by atoms with van der Waals surface area (Å²) < 4.78 is 10.3. The van der Waals surface area contributed by atoms with Crippen LogP contribution in [-0.4, -0.2) is 55.0 Å². The minimum Gasteiger partial charge on any atom is -0.479 e. The second-order valence-electron chi connectivity index (χ2n) is 7.91. The molecule has 0 radical (unpaired) electrons. The minimum absolute atomic E-state index is 0.0899. The molecule has 0 aromatic heterocycles. The molecule has 2 atom stereocenters. The van der Waals surface area contributed by atoms with Gasteiger partial charge in [0.05, 0.1) is 6.54 Å². The summed E-state index contributed by atoms with van der Waals surface area (Å²) in [5.41, 5.74) is 3.18. The Bertz CT molecular complexity index is 962. The van der Waals surface area contributed by atoms with Crippen LogP contribution in [0.4, 0.5) is 4.79 Å². The zero-order valence-electron chi connectivity index (χ0n) is 18.4. The van der Waals surface area contributed by atoms with Gasteiger partial charge in [-0.25, -0.2) is 9.59 Å². The number of aliphatic carboxylic acids is 1. The molecule has 1 aliphatic rings. The Hall–Kier alpha value is -3.39. The average Bonchev–Trinajstić information content (AvgIpc) is 3.11. The normalized spacial score (nSPS) is 15.1. The number of hydrogen-bond acceptors (Lipinski definition) is 5. The molecule has 0 bridgehead atoms. The third-order valence-electron chi connectivity index (χ3n) is 5.94. The van der Waals surface area contributed by atoms with Crippen LogP contribution < -0.4 is 10.6 Å². The van der Waals surface area contributed by atoms with E-state index >= 15 is 0 Å². The van der Waals surface area contributed by atoms with Crippen molar-refractivity contribution in [2.75, 3.05) is 20.3 Å². The number of carbonyl (C=O) groups is 3. The Balaban J connectivity index is 1.63. The molecule has 1 aliphatic carbocycles. The molecule has 2 aromatic rings. The topological polar surface area (TPSA) is 114 Å². The van der Waals surface area contributed by atoms with Crippen LogP contribution >= 0.6 is 0 Å². The summed E-state index contributed by atoms with van der Waals surface area (Å²) in [6, 6.07) is 16.0. The highest BCUT2D eigenvalue weighted by Crippen LogP contribution is 2.44. The Morgan fingerprint density at radius 3 is 2.12 bits per heavy atom. The van der Waals surface area contributed by atoms with Crippen LogP contribution in [0.25, 0.3) is 11.1 Å². The number of carboxylic acid groups (broad SMARTS) is 1. The predicted molar refractivity (Wildman–Crippen MR) is 118 cm³/mol. The summed E-state index contributed by atoms with van der Waals surface area (Å²) in [5.74, 6) is -1.79. The number of carboxylic acids is 1. The molecule has 3 rings (SSSR count). The third kappa shape index (κ3) is 4.75. The zero-order valence-corrected chi connectivity index (χ0v) is 18.4. The monoisotopic (exact) mass is 440 g/mol. The van der Waals surface area contributed by atoms with Crippen LogP contribution in [0.3, 0.4) is 0 Å². The van der Waals surface area contributed by atoms with Crippen molar-refractivity contribution >= 4 is 18.0 Å². The number of alkyl carbamates (subject to hydrolysis) is 1. The molecule has 32 heavy (non-hydrogen) atoms. The highest BCUT2D eigenvalue weighted by atomic mass is 16.5. The lowest BCUT2D eigenvalue weighted by molar-refractivity contribution is -0.148. The van der Waals surface area contributed by atoms with Gasteiger partial charge in [-0.3, -0.25) is 4.79 Å². The maximum absolute atomic E-state index is 12.6. The molecule has 0 fully saturated rings. The largest absolute Gasteiger partial charge is 0.479 e. The lowest BCUT2D eigenvalue weighted by Crippen LogP contribution is -2.57. The summed E-state index contributed by atoms with van der Waals surface area (Å²) in [6.45, 7) is 3.22. The van der Waals surface area contributed by atoms with E-state index in [2.05, 4.69) is 22.8 Å². The first-order chi connectivity index (χ1) is 15.3. The van der Waals surface area contributed by atoms with E-state index < -0.39 is 29.6 Å². The fourth-order valence-electron chi connectivity index (χ4n) is 3.82. The van der Waals surface area contributed by atoms with E-state index in [9.17, 15) is 14.4 Å². The summed E-state index contributed by atoms with van der Waals surface area (Å²) in [4.78, 5) is 36.3. The molecule has 2 aromatic carbocycles. The van der Waals surface area contributed by atoms with Crippen molar-refractivity contribution in [3.05, 3.63) is 59.7 Å². The van der Waals surface area contributed by atoms with Gasteiger partial charge in [0, 0.05) is 13.0 Å². The van der Waals surface area contributed by atoms with Crippen LogP contribution in [0, 0.1) is 0 Å². The zero-order chi connectivity index (χ0) is 23.3. The van der Waals surface area contributed by atoms with Crippen LogP contribution in [-0.2, 0) is 19.1 Å². The van der Waals surface area contributed by atoms with E-state index in [0.29, 0.717) is 0 Å². The van der Waals surface area contributed by atoms with Crippen molar-refractivity contribution < 1.29 is 29.0 Å². The Kier molecular flexibility index (Phi) is 7.15. The van der Waals surface area contributed by atoms with Crippen molar-refractivity contribution in [1.29, 1.82) is 0 Å². The second-order valence-corrected chi connectivity index (χ2v) is 7.91. The average molecular weight is 440 g/mol. The number of carbonyl (C=O) groups excluding carboxylic acids is 2. The molecule has 0 aliphatic heterocycles. The number of methoxy groups -OCH3 is 1. The molecule has 0 saturated carbocycles. The summed E-state index contributed by atoms with van der Waals surface area (Å²) in [6.07, 6.45) is -1.60. The van der Waals surface area contributed by atoms with Gasteiger partial charge in [0.15, 0.2) is 6.10 Å². The van der Waals surface area contributed by atoms with Crippen molar-refractivity contribution in [3.63, 3.8) is 0 Å². The van der Waals surface area contributed by atoms with Gasteiger partial charge in [0.25, 0.3) is 0 Å². The van der Waals surface area contributed by atoms with Crippen molar-refractivity contribution in [3.8, 4) is 11.1 Å². The number of amides is 2. The standard InChI is InChI=1S/C24H28N2O6/c1-4-24(2,22(29)25-13-20(31-3)21(27)28)26-23(30)32-14-19-17-11-7-5-9-15(17)16-10-6-8-12-18(16)19/h5-12,19-20H,4,13-14H2,1-3H3,(H,25,29)(H,26,30)(H,27,28). The quantitative estimate of drug-likeness (QED) is 0.553. The molecule has 170 valence electrons. The highest BCUT2D eigenvalue weighted by Gasteiger charge is 2.35. The summed E-state index contributed by atoms with van der Waals surface area (Å²) in [5, 5.41) is 14.2. The molecule has 2 unspecified atom stereocenters. The smallest absolute Gasteiger partial charge is 0.408 e. The lowest BCUT2D eigenvalue weighted by Gasteiger charge is -2.28. The van der Waals surface area contributed by atoms with E-state index in [1.165, 1.54) is 7.11 Å². The van der Waals surface area contributed by atoms with Gasteiger partial charge in [-0.15, -0.1) is 0 Å². The first-order valence-electron chi connectivity index (χ1n) is 10.5. The summed E-state index contributed by atoms with van der Waals surface area (Å²) >= 11 is 0. The van der Waals surface area contributed by atoms with Crippen LogP contribution in [0.2, 0.25) is 0 Å². The summed E-state index contributed by atoms with van der Waals surface area (Å²) in [7, 11) is 1.25. The van der Waals surface area contributed by atoms with E-state index in [1.54, 1.807) is 13.8 Å². The Morgan fingerprint density at radius 2 is 1.62 bits per heavy atom. The van der Waals surface area contributed by atoms with Gasteiger partial charge >= 0.3 is 12.1 Å². The number of hydrogen-bond donors (Lipinski definition) is 3. The van der Waals surface area contributed by atoms with E-state index in [0.717, 1.165) is 22.3 Å². The Labute approximate surface area is 186 Å². The van der Waals surface area contributed by atoms with Gasteiger partial charge in [0.2, 0.25) is 5.91 Å². The third-order valence-corrected chi connectivity index (χ3v) is 5.94. The molecule has 8 nitrogen and oxygen atoms in total. The Morgan fingerprint density at radius 1 is 1.06 bits per heavy atom. The van der Waals surface area contributed by atoms with Gasteiger partial charge in [-0.1, -0.05) is 55.5 Å². The van der Waals surface area contributed by atoms with E-state index in [-0.39, 0.29) is 25.5 Å². The maximum atomic E-state index is 12.6. The molecular weight excluding hydrogens is 412 g/mol. The van der Waals surface area contributed by atoms with E-state index in [4.69, 9.17) is 14.6 Å². The SMILES string of the molecule is CCC(C)(NC(=O)OCC1c2ccccc2-c2ccccc21)C(=O)NCC(OC)C(=O)O. The molecule has 3 N–H and O–H groups in total. The minimum atomic E-state index is -1.26. The molecular formula is C24H28N2O6. The number of rotatable bonds is 9. The van der Waals surface area contributed by atoms with Crippen LogP contribution in [0.1, 0.15) is 37.3 Å². The van der Waals surface area contributed by atoms with Gasteiger partial charge < -0.3 is 25.2 Å². The van der Waals surface area contributed by atoms with Gasteiger partial charge in [0.1, 0.15) is 12.1 Å². The number of fused-ring (bicyclic) bond motifs is 3. The van der Waals surface area contributed by atoms with Crippen molar-refractivity contribution in [1.82, 2.24) is 10.6 Å². The van der Waals surface area contributed by atoms with Crippen LogP contribution in [0.5, 0.6) is 0 Å². The molecule has 0 heterocycles.